The van der Waals surface area contributed by atoms with Gasteiger partial charge in [0.15, 0.2) is 10.9 Å². The van der Waals surface area contributed by atoms with Gasteiger partial charge in [0.25, 0.3) is 5.91 Å². The highest BCUT2D eigenvalue weighted by molar-refractivity contribution is 7.98. The highest BCUT2D eigenvalue weighted by Crippen LogP contribution is 2.24. The van der Waals surface area contributed by atoms with E-state index in [4.69, 9.17) is 4.42 Å². The van der Waals surface area contributed by atoms with E-state index in [-0.39, 0.29) is 17.6 Å². The Balaban J connectivity index is 1.60. The van der Waals surface area contributed by atoms with Crippen LogP contribution in [0.15, 0.2) is 27.8 Å². The fourth-order valence-corrected chi connectivity index (χ4v) is 3.73. The number of aryl methyl sites for hydroxylation is 2. The van der Waals surface area contributed by atoms with Crippen LogP contribution in [0.4, 0.5) is 5.13 Å². The van der Waals surface area contributed by atoms with Crippen LogP contribution in [0.5, 0.6) is 0 Å². The predicted molar refractivity (Wildman–Crippen MR) is 102 cm³/mol. The van der Waals surface area contributed by atoms with Crippen LogP contribution in [-0.2, 0) is 5.75 Å². The van der Waals surface area contributed by atoms with Crippen molar-refractivity contribution in [3.05, 3.63) is 46.1 Å². The maximum absolute atomic E-state index is 12.3. The van der Waals surface area contributed by atoms with Gasteiger partial charge in [0.05, 0.1) is 5.75 Å². The first kappa shape index (κ1) is 18.5. The molecule has 0 spiro atoms. The lowest BCUT2D eigenvalue weighted by atomic mass is 10.2. The lowest BCUT2D eigenvalue weighted by molar-refractivity contribution is 0.0995. The van der Waals surface area contributed by atoms with Gasteiger partial charge in [0.2, 0.25) is 5.13 Å². The van der Waals surface area contributed by atoms with Crippen LogP contribution in [0.3, 0.4) is 0 Å². The fourth-order valence-electron chi connectivity index (χ4n) is 2.15. The van der Waals surface area contributed by atoms with E-state index in [2.05, 4.69) is 25.5 Å². The summed E-state index contributed by atoms with van der Waals surface area (Å²) in [4.78, 5) is 21.0. The van der Waals surface area contributed by atoms with Crippen molar-refractivity contribution in [3.8, 4) is 0 Å². The average molecular weight is 390 g/mol. The molecule has 0 unspecified atom stereocenters. The van der Waals surface area contributed by atoms with E-state index in [9.17, 15) is 4.79 Å². The molecule has 3 aromatic rings. The van der Waals surface area contributed by atoms with Crippen LogP contribution < -0.4 is 5.32 Å². The third-order valence-corrected chi connectivity index (χ3v) is 5.35. The van der Waals surface area contributed by atoms with Crippen LogP contribution in [0, 0.1) is 13.8 Å². The quantitative estimate of drug-likeness (QED) is 0.498. The summed E-state index contributed by atoms with van der Waals surface area (Å²) in [6, 6.07) is 5.36. The predicted octanol–water partition coefficient (Wildman–Crippen LogP) is 4.21. The van der Waals surface area contributed by atoms with Crippen LogP contribution in [0.1, 0.15) is 52.5 Å². The molecule has 0 fully saturated rings. The molecule has 136 valence electrons. The molecule has 0 aromatic carbocycles. The number of hydrogen-bond donors (Lipinski definition) is 1. The third kappa shape index (κ3) is 4.67. The number of amides is 1. The Morgan fingerprint density at radius 2 is 1.96 bits per heavy atom. The molecule has 1 N–H and O–H groups in total. The maximum atomic E-state index is 12.3. The van der Waals surface area contributed by atoms with Gasteiger partial charge in [0, 0.05) is 17.3 Å². The number of carbonyl (C=O) groups excluding carboxylic acids is 1. The maximum Gasteiger partial charge on any atom is 0.293 e. The zero-order chi connectivity index (χ0) is 18.7. The first-order chi connectivity index (χ1) is 12.4. The van der Waals surface area contributed by atoms with E-state index in [1.165, 1.54) is 23.1 Å². The number of carbonyl (C=O) groups is 1. The molecule has 26 heavy (non-hydrogen) atoms. The number of hydrogen-bond acceptors (Lipinski definition) is 8. The number of nitrogens with zero attached hydrogens (tertiary/aromatic N) is 4. The first-order valence-corrected chi connectivity index (χ1v) is 9.89. The highest BCUT2D eigenvalue weighted by Gasteiger charge is 2.15. The molecular weight excluding hydrogens is 370 g/mol. The summed E-state index contributed by atoms with van der Waals surface area (Å²) in [6.07, 6.45) is 0. The van der Waals surface area contributed by atoms with E-state index in [1.807, 2.05) is 33.8 Å². The minimum absolute atomic E-state index is 0.239. The van der Waals surface area contributed by atoms with Gasteiger partial charge in [-0.3, -0.25) is 10.1 Å². The van der Waals surface area contributed by atoms with E-state index in [1.54, 1.807) is 12.1 Å². The minimum Gasteiger partial charge on any atom is -0.455 e. The summed E-state index contributed by atoms with van der Waals surface area (Å²) in [6.45, 7) is 7.93. The fraction of sp³-hybridized carbons (Fsp3) is 0.353. The van der Waals surface area contributed by atoms with Crippen molar-refractivity contribution in [2.75, 3.05) is 5.32 Å². The molecule has 3 aromatic heterocycles. The van der Waals surface area contributed by atoms with Crippen molar-refractivity contribution in [1.82, 2.24) is 20.2 Å². The number of anilines is 1. The zero-order valence-electron chi connectivity index (χ0n) is 14.9. The van der Waals surface area contributed by atoms with E-state index < -0.39 is 0 Å². The van der Waals surface area contributed by atoms with Gasteiger partial charge in [0.1, 0.15) is 10.8 Å². The molecule has 0 saturated carbocycles. The molecule has 3 heterocycles. The standard InChI is InChI=1S/C17H19N5O2S2/c1-9(2)15-21-22-17(26-15)20-14(23)13-6-5-12(24-13)8-25-16-18-10(3)7-11(4)19-16/h5-7,9H,8H2,1-4H3,(H,20,22,23). The lowest BCUT2D eigenvalue weighted by Gasteiger charge is -2.01. The van der Waals surface area contributed by atoms with E-state index in [0.29, 0.717) is 21.8 Å². The molecule has 3 rings (SSSR count). The molecule has 0 aliphatic heterocycles. The first-order valence-electron chi connectivity index (χ1n) is 8.09. The van der Waals surface area contributed by atoms with Crippen molar-refractivity contribution >= 4 is 34.1 Å². The Morgan fingerprint density at radius 3 is 2.62 bits per heavy atom. The van der Waals surface area contributed by atoms with Gasteiger partial charge in [-0.15, -0.1) is 10.2 Å². The molecule has 0 atom stereocenters. The average Bonchev–Trinajstić information content (AvgIpc) is 3.21. The molecule has 7 nitrogen and oxygen atoms in total. The molecule has 0 aliphatic rings. The summed E-state index contributed by atoms with van der Waals surface area (Å²) in [7, 11) is 0. The van der Waals surface area contributed by atoms with Crippen LogP contribution >= 0.6 is 23.1 Å². The Labute approximate surface area is 159 Å². The van der Waals surface area contributed by atoms with Crippen LogP contribution in [0.25, 0.3) is 0 Å². The Bertz CT molecular complexity index is 899. The van der Waals surface area contributed by atoms with Crippen molar-refractivity contribution in [2.45, 2.75) is 44.5 Å². The van der Waals surface area contributed by atoms with Crippen molar-refractivity contribution in [1.29, 1.82) is 0 Å². The molecule has 0 radical (unpaired) electrons. The second-order valence-corrected chi connectivity index (χ2v) is 7.99. The highest BCUT2D eigenvalue weighted by atomic mass is 32.2. The van der Waals surface area contributed by atoms with Crippen LogP contribution in [-0.4, -0.2) is 26.1 Å². The summed E-state index contributed by atoms with van der Waals surface area (Å²) < 4.78 is 5.62. The minimum atomic E-state index is -0.338. The summed E-state index contributed by atoms with van der Waals surface area (Å²) in [5, 5.41) is 12.8. The normalized spacial score (nSPS) is 11.1. The Hall–Kier alpha value is -2.26. The topological polar surface area (TPSA) is 93.8 Å². The molecule has 0 bridgehead atoms. The van der Waals surface area contributed by atoms with Crippen LogP contribution in [0.2, 0.25) is 0 Å². The summed E-state index contributed by atoms with van der Waals surface area (Å²) >= 11 is 2.83. The lowest BCUT2D eigenvalue weighted by Crippen LogP contribution is -2.10. The van der Waals surface area contributed by atoms with Gasteiger partial charge in [-0.25, -0.2) is 9.97 Å². The molecule has 0 saturated heterocycles. The Kier molecular flexibility index (Phi) is 5.67. The largest absolute Gasteiger partial charge is 0.455 e. The third-order valence-electron chi connectivity index (χ3n) is 3.35. The summed E-state index contributed by atoms with van der Waals surface area (Å²) in [5.74, 6) is 1.41. The number of furan rings is 1. The SMILES string of the molecule is Cc1cc(C)nc(SCc2ccc(C(=O)Nc3nnc(C(C)C)s3)o2)n1. The van der Waals surface area contributed by atoms with E-state index >= 15 is 0 Å². The molecule has 9 heteroatoms. The van der Waals surface area contributed by atoms with Gasteiger partial charge in [-0.1, -0.05) is 36.9 Å². The smallest absolute Gasteiger partial charge is 0.293 e. The zero-order valence-corrected chi connectivity index (χ0v) is 16.6. The number of aromatic nitrogens is 4. The van der Waals surface area contributed by atoms with Crippen molar-refractivity contribution < 1.29 is 9.21 Å². The van der Waals surface area contributed by atoms with Crippen molar-refractivity contribution in [3.63, 3.8) is 0 Å². The summed E-state index contributed by atoms with van der Waals surface area (Å²) in [5.41, 5.74) is 1.86. The Morgan fingerprint density at radius 1 is 1.23 bits per heavy atom. The monoisotopic (exact) mass is 389 g/mol. The van der Waals surface area contributed by atoms with Gasteiger partial charge < -0.3 is 4.42 Å². The van der Waals surface area contributed by atoms with E-state index in [0.717, 1.165) is 16.4 Å². The number of rotatable bonds is 6. The second-order valence-electron chi connectivity index (χ2n) is 6.04. The van der Waals surface area contributed by atoms with Crippen molar-refractivity contribution in [2.24, 2.45) is 0 Å². The van der Waals surface area contributed by atoms with Gasteiger partial charge in [-0.05, 0) is 32.0 Å². The molecule has 1 amide bonds. The van der Waals surface area contributed by atoms with Gasteiger partial charge in [-0.2, -0.15) is 0 Å². The number of thioether (sulfide) groups is 1. The van der Waals surface area contributed by atoms with Gasteiger partial charge >= 0.3 is 0 Å². The molecular formula is C17H19N5O2S2. The molecule has 0 aliphatic carbocycles. The second kappa shape index (κ2) is 7.96. The number of nitrogens with one attached hydrogen (secondary N) is 1.